The fraction of sp³-hybridized carbons (Fsp3) is 1.00. The zero-order valence-corrected chi connectivity index (χ0v) is 10.8. The molecule has 1 saturated heterocycles. The monoisotopic (exact) mass is 213 g/mol. The molecular weight excluding hydrogens is 186 g/mol. The number of hydrogen-bond acceptors (Lipinski definition) is 3. The lowest BCUT2D eigenvalue weighted by Crippen LogP contribution is -2.36. The van der Waals surface area contributed by atoms with Crippen molar-refractivity contribution in [3.8, 4) is 0 Å². The highest BCUT2D eigenvalue weighted by Crippen LogP contribution is 2.25. The first-order chi connectivity index (χ1) is 7.02. The zero-order chi connectivity index (χ0) is 11.3. The van der Waals surface area contributed by atoms with Crippen molar-refractivity contribution in [1.29, 1.82) is 0 Å². The molecule has 0 saturated carbocycles. The van der Waals surface area contributed by atoms with Crippen LogP contribution in [0.5, 0.6) is 0 Å². The molecule has 0 aliphatic carbocycles. The van der Waals surface area contributed by atoms with E-state index in [1.807, 2.05) is 0 Å². The Morgan fingerprint density at radius 3 is 2.47 bits per heavy atom. The second-order valence-electron chi connectivity index (χ2n) is 5.63. The highest BCUT2D eigenvalue weighted by Gasteiger charge is 2.29. The van der Waals surface area contributed by atoms with E-state index in [1.165, 1.54) is 45.6 Å². The highest BCUT2D eigenvalue weighted by atomic mass is 15.1. The Morgan fingerprint density at radius 1 is 1.20 bits per heavy atom. The summed E-state index contributed by atoms with van der Waals surface area (Å²) in [6, 6.07) is 0. The van der Waals surface area contributed by atoms with Crippen LogP contribution < -0.4 is 5.32 Å². The maximum atomic E-state index is 3.46. The number of hydrogen-bond donors (Lipinski definition) is 1. The third-order valence-electron chi connectivity index (χ3n) is 3.25. The van der Waals surface area contributed by atoms with E-state index in [4.69, 9.17) is 0 Å². The summed E-state index contributed by atoms with van der Waals surface area (Å²) >= 11 is 0. The predicted octanol–water partition coefficient (Wildman–Crippen LogP) is 0.869. The average Bonchev–Trinajstić information content (AvgIpc) is 2.50. The van der Waals surface area contributed by atoms with Crippen molar-refractivity contribution in [2.45, 2.75) is 19.8 Å². The van der Waals surface area contributed by atoms with Gasteiger partial charge in [0.15, 0.2) is 0 Å². The molecule has 90 valence electrons. The molecule has 1 rings (SSSR count). The molecule has 1 aliphatic heterocycles. The Hall–Kier alpha value is -0.120. The van der Waals surface area contributed by atoms with Crippen LogP contribution in [-0.2, 0) is 0 Å². The molecule has 3 nitrogen and oxygen atoms in total. The largest absolute Gasteiger partial charge is 0.316 e. The third kappa shape index (κ3) is 4.96. The number of nitrogens with one attached hydrogen (secondary N) is 1. The SMILES string of the molecule is CN(C)CCCN(C)CC1(C)CCNC1. The van der Waals surface area contributed by atoms with Gasteiger partial charge >= 0.3 is 0 Å². The van der Waals surface area contributed by atoms with E-state index >= 15 is 0 Å². The first-order valence-corrected chi connectivity index (χ1v) is 6.06. The van der Waals surface area contributed by atoms with Crippen molar-refractivity contribution < 1.29 is 0 Å². The number of rotatable bonds is 6. The third-order valence-corrected chi connectivity index (χ3v) is 3.25. The van der Waals surface area contributed by atoms with Gasteiger partial charge in [-0.3, -0.25) is 0 Å². The molecule has 1 unspecified atom stereocenters. The second kappa shape index (κ2) is 5.83. The van der Waals surface area contributed by atoms with E-state index in [2.05, 4.69) is 43.2 Å². The molecular formula is C12H27N3. The Kier molecular flexibility index (Phi) is 5.03. The second-order valence-corrected chi connectivity index (χ2v) is 5.63. The summed E-state index contributed by atoms with van der Waals surface area (Å²) in [6.07, 6.45) is 2.60. The highest BCUT2D eigenvalue weighted by molar-refractivity contribution is 4.85. The fourth-order valence-corrected chi connectivity index (χ4v) is 2.39. The van der Waals surface area contributed by atoms with Crippen LogP contribution in [0.1, 0.15) is 19.8 Å². The van der Waals surface area contributed by atoms with Gasteiger partial charge in [0.2, 0.25) is 0 Å². The van der Waals surface area contributed by atoms with Gasteiger partial charge in [0.1, 0.15) is 0 Å². The standard InChI is InChI=1S/C12H27N3/c1-12(6-7-13-10-12)11-15(4)9-5-8-14(2)3/h13H,5-11H2,1-4H3. The van der Waals surface area contributed by atoms with Gasteiger partial charge in [-0.1, -0.05) is 6.92 Å². The lowest BCUT2D eigenvalue weighted by Gasteiger charge is -2.29. The summed E-state index contributed by atoms with van der Waals surface area (Å²) in [4.78, 5) is 4.74. The van der Waals surface area contributed by atoms with Gasteiger partial charge in [0.25, 0.3) is 0 Å². The summed E-state index contributed by atoms with van der Waals surface area (Å²) in [5.74, 6) is 0. The van der Waals surface area contributed by atoms with E-state index in [9.17, 15) is 0 Å². The molecule has 0 radical (unpaired) electrons. The first-order valence-electron chi connectivity index (χ1n) is 6.06. The van der Waals surface area contributed by atoms with Crippen LogP contribution in [0.2, 0.25) is 0 Å². The van der Waals surface area contributed by atoms with Gasteiger partial charge in [0.05, 0.1) is 0 Å². The van der Waals surface area contributed by atoms with Crippen molar-refractivity contribution in [2.75, 3.05) is 53.9 Å². The Balaban J connectivity index is 2.14. The molecule has 0 aromatic rings. The van der Waals surface area contributed by atoms with Gasteiger partial charge in [-0.05, 0) is 59.0 Å². The lowest BCUT2D eigenvalue weighted by atomic mass is 9.89. The Bertz CT molecular complexity index is 174. The van der Waals surface area contributed by atoms with Crippen LogP contribution in [0.4, 0.5) is 0 Å². The summed E-state index contributed by atoms with van der Waals surface area (Å²) in [7, 11) is 6.53. The van der Waals surface area contributed by atoms with E-state index in [1.54, 1.807) is 0 Å². The van der Waals surface area contributed by atoms with E-state index in [0.29, 0.717) is 5.41 Å². The normalized spacial score (nSPS) is 26.8. The van der Waals surface area contributed by atoms with Crippen LogP contribution in [-0.4, -0.2) is 63.7 Å². The molecule has 0 amide bonds. The molecule has 3 heteroatoms. The molecule has 15 heavy (non-hydrogen) atoms. The van der Waals surface area contributed by atoms with Crippen LogP contribution in [0.3, 0.4) is 0 Å². The Labute approximate surface area is 94.8 Å². The molecule has 0 aromatic carbocycles. The topological polar surface area (TPSA) is 18.5 Å². The fourth-order valence-electron chi connectivity index (χ4n) is 2.39. The maximum Gasteiger partial charge on any atom is 0.00449 e. The number of nitrogens with zero attached hydrogens (tertiary/aromatic N) is 2. The van der Waals surface area contributed by atoms with Gasteiger partial charge < -0.3 is 15.1 Å². The molecule has 0 spiro atoms. The van der Waals surface area contributed by atoms with E-state index < -0.39 is 0 Å². The summed E-state index contributed by atoms with van der Waals surface area (Å²) in [5, 5.41) is 3.46. The van der Waals surface area contributed by atoms with E-state index in [0.717, 1.165) is 0 Å². The van der Waals surface area contributed by atoms with Crippen LogP contribution in [0.15, 0.2) is 0 Å². The summed E-state index contributed by atoms with van der Waals surface area (Å²) < 4.78 is 0. The van der Waals surface area contributed by atoms with Gasteiger partial charge in [-0.15, -0.1) is 0 Å². The minimum absolute atomic E-state index is 0.507. The van der Waals surface area contributed by atoms with Crippen molar-refractivity contribution in [1.82, 2.24) is 15.1 Å². The van der Waals surface area contributed by atoms with Gasteiger partial charge in [-0.25, -0.2) is 0 Å². The van der Waals surface area contributed by atoms with Crippen molar-refractivity contribution in [3.63, 3.8) is 0 Å². The van der Waals surface area contributed by atoms with Crippen molar-refractivity contribution in [3.05, 3.63) is 0 Å². The minimum atomic E-state index is 0.507. The molecule has 1 atom stereocenters. The molecule has 1 N–H and O–H groups in total. The minimum Gasteiger partial charge on any atom is -0.316 e. The van der Waals surface area contributed by atoms with E-state index in [-0.39, 0.29) is 0 Å². The maximum absolute atomic E-state index is 3.46. The summed E-state index contributed by atoms with van der Waals surface area (Å²) in [6.45, 7) is 8.42. The lowest BCUT2D eigenvalue weighted by molar-refractivity contribution is 0.202. The smallest absolute Gasteiger partial charge is 0.00449 e. The zero-order valence-electron chi connectivity index (χ0n) is 10.8. The van der Waals surface area contributed by atoms with Gasteiger partial charge in [0, 0.05) is 13.1 Å². The van der Waals surface area contributed by atoms with Crippen LogP contribution in [0.25, 0.3) is 0 Å². The summed E-state index contributed by atoms with van der Waals surface area (Å²) in [5.41, 5.74) is 0.507. The average molecular weight is 213 g/mol. The quantitative estimate of drug-likeness (QED) is 0.706. The molecule has 1 aliphatic rings. The van der Waals surface area contributed by atoms with Crippen LogP contribution >= 0.6 is 0 Å². The van der Waals surface area contributed by atoms with Gasteiger partial charge in [-0.2, -0.15) is 0 Å². The van der Waals surface area contributed by atoms with Crippen LogP contribution in [0, 0.1) is 5.41 Å². The Morgan fingerprint density at radius 2 is 1.93 bits per heavy atom. The predicted molar refractivity (Wildman–Crippen MR) is 66.3 cm³/mol. The molecule has 0 aromatic heterocycles. The van der Waals surface area contributed by atoms with Crippen molar-refractivity contribution in [2.24, 2.45) is 5.41 Å². The van der Waals surface area contributed by atoms with Crippen molar-refractivity contribution >= 4 is 0 Å². The molecule has 1 heterocycles. The molecule has 0 bridgehead atoms. The first kappa shape index (κ1) is 12.9. The molecule has 1 fully saturated rings.